The maximum Gasteiger partial charge on any atom is 0.313 e. The monoisotopic (exact) mass is 418 g/mol. The molecule has 8 nitrogen and oxygen atoms in total. The molecule has 1 aromatic heterocycles. The Kier molecular flexibility index (Phi) is 7.31. The lowest BCUT2D eigenvalue weighted by Crippen LogP contribution is -2.35. The fraction of sp³-hybridized carbons (Fsp3) is 0.130. The molecule has 0 unspecified atom stereocenters. The zero-order valence-corrected chi connectivity index (χ0v) is 16.9. The first kappa shape index (κ1) is 21.5. The third kappa shape index (κ3) is 6.14. The molecule has 0 saturated carbocycles. The van der Waals surface area contributed by atoms with Gasteiger partial charge in [-0.3, -0.25) is 19.4 Å². The molecule has 31 heavy (non-hydrogen) atoms. The van der Waals surface area contributed by atoms with E-state index in [1.807, 2.05) is 24.3 Å². The van der Waals surface area contributed by atoms with Crippen LogP contribution in [0.1, 0.15) is 21.5 Å². The van der Waals surface area contributed by atoms with Crippen LogP contribution in [0.25, 0.3) is 0 Å². The van der Waals surface area contributed by atoms with Gasteiger partial charge in [0.1, 0.15) is 5.75 Å². The Morgan fingerprint density at radius 1 is 0.839 bits per heavy atom. The van der Waals surface area contributed by atoms with Crippen molar-refractivity contribution in [1.29, 1.82) is 0 Å². The number of nitrogens with one attached hydrogen (secondary N) is 3. The van der Waals surface area contributed by atoms with Crippen LogP contribution in [0.2, 0.25) is 0 Å². The van der Waals surface area contributed by atoms with Crippen molar-refractivity contribution in [3.05, 3.63) is 89.7 Å². The van der Waals surface area contributed by atoms with E-state index in [0.717, 1.165) is 11.1 Å². The fourth-order valence-corrected chi connectivity index (χ4v) is 2.79. The van der Waals surface area contributed by atoms with Crippen molar-refractivity contribution in [3.63, 3.8) is 0 Å². The van der Waals surface area contributed by atoms with Gasteiger partial charge in [0.05, 0.1) is 18.4 Å². The summed E-state index contributed by atoms with van der Waals surface area (Å²) < 4.78 is 5.18. The Morgan fingerprint density at radius 2 is 1.58 bits per heavy atom. The largest absolute Gasteiger partial charge is 0.497 e. The highest BCUT2D eigenvalue weighted by molar-refractivity contribution is 6.40. The molecule has 158 valence electrons. The average molecular weight is 418 g/mol. The average Bonchev–Trinajstić information content (AvgIpc) is 2.82. The van der Waals surface area contributed by atoms with Gasteiger partial charge in [-0.2, -0.15) is 0 Å². The molecule has 8 heteroatoms. The minimum atomic E-state index is -0.859. The molecule has 2 aromatic carbocycles. The number of rotatable bonds is 7. The molecule has 0 radical (unpaired) electrons. The van der Waals surface area contributed by atoms with Gasteiger partial charge in [-0.15, -0.1) is 0 Å². The van der Waals surface area contributed by atoms with Gasteiger partial charge in [-0.25, -0.2) is 0 Å². The van der Waals surface area contributed by atoms with E-state index in [2.05, 4.69) is 20.9 Å². The predicted octanol–water partition coefficient (Wildman–Crippen LogP) is 2.28. The first-order valence-corrected chi connectivity index (χ1v) is 9.55. The Labute approximate surface area is 179 Å². The Balaban J connectivity index is 1.60. The highest BCUT2D eigenvalue weighted by Gasteiger charge is 2.17. The number of anilines is 1. The maximum atomic E-state index is 12.7. The van der Waals surface area contributed by atoms with Gasteiger partial charge in [0.2, 0.25) is 0 Å². The van der Waals surface area contributed by atoms with Crippen molar-refractivity contribution in [2.45, 2.75) is 13.1 Å². The van der Waals surface area contributed by atoms with E-state index in [-0.39, 0.29) is 30.2 Å². The lowest BCUT2D eigenvalue weighted by Gasteiger charge is -2.12. The number of hydrogen-bond acceptors (Lipinski definition) is 5. The standard InChI is InChI=1S/C23H22N4O4/c1-31-18-6-4-5-17(13-18)15-25-21(28)19-7-2-3-8-20(19)27-23(30)22(29)26-14-16-9-11-24-12-10-16/h2-13H,14-15H2,1H3,(H,25,28)(H,26,29)(H,27,30). The van der Waals surface area contributed by atoms with Crippen LogP contribution in [0.15, 0.2) is 73.1 Å². The van der Waals surface area contributed by atoms with Crippen molar-refractivity contribution < 1.29 is 19.1 Å². The summed E-state index contributed by atoms with van der Waals surface area (Å²) in [4.78, 5) is 41.0. The van der Waals surface area contributed by atoms with Gasteiger partial charge in [-0.1, -0.05) is 24.3 Å². The summed E-state index contributed by atoms with van der Waals surface area (Å²) in [7, 11) is 1.57. The van der Waals surface area contributed by atoms with Gasteiger partial charge in [0, 0.05) is 25.5 Å². The van der Waals surface area contributed by atoms with Crippen molar-refractivity contribution in [3.8, 4) is 5.75 Å². The van der Waals surface area contributed by atoms with Crippen LogP contribution >= 0.6 is 0 Å². The van der Waals surface area contributed by atoms with E-state index in [4.69, 9.17) is 4.74 Å². The zero-order valence-electron chi connectivity index (χ0n) is 16.9. The van der Waals surface area contributed by atoms with E-state index in [0.29, 0.717) is 5.75 Å². The summed E-state index contributed by atoms with van der Waals surface area (Å²) in [5.41, 5.74) is 2.17. The van der Waals surface area contributed by atoms with Crippen LogP contribution in [0.3, 0.4) is 0 Å². The van der Waals surface area contributed by atoms with Crippen LogP contribution in [0, 0.1) is 0 Å². The number of hydrogen-bond donors (Lipinski definition) is 3. The van der Waals surface area contributed by atoms with Crippen molar-refractivity contribution >= 4 is 23.4 Å². The Bertz CT molecular complexity index is 1070. The first-order valence-electron chi connectivity index (χ1n) is 9.55. The summed E-state index contributed by atoms with van der Waals surface area (Å²) in [6.45, 7) is 0.474. The second-order valence-electron chi connectivity index (χ2n) is 6.57. The number of benzene rings is 2. The number of methoxy groups -OCH3 is 1. The molecule has 0 bridgehead atoms. The molecular formula is C23H22N4O4. The van der Waals surface area contributed by atoms with Crippen LogP contribution in [-0.4, -0.2) is 29.8 Å². The lowest BCUT2D eigenvalue weighted by molar-refractivity contribution is -0.136. The first-order chi connectivity index (χ1) is 15.1. The van der Waals surface area contributed by atoms with Gasteiger partial charge >= 0.3 is 11.8 Å². The van der Waals surface area contributed by atoms with E-state index in [1.54, 1.807) is 55.9 Å². The van der Waals surface area contributed by atoms with Gasteiger partial charge in [0.25, 0.3) is 5.91 Å². The molecule has 3 rings (SSSR count). The minimum absolute atomic E-state index is 0.192. The molecule has 3 aromatic rings. The minimum Gasteiger partial charge on any atom is -0.497 e. The third-order valence-electron chi connectivity index (χ3n) is 4.42. The topological polar surface area (TPSA) is 109 Å². The summed E-state index contributed by atoms with van der Waals surface area (Å²) in [6.07, 6.45) is 3.20. The predicted molar refractivity (Wildman–Crippen MR) is 115 cm³/mol. The molecule has 0 spiro atoms. The van der Waals surface area contributed by atoms with Gasteiger partial charge < -0.3 is 20.7 Å². The number of nitrogens with zero attached hydrogens (tertiary/aromatic N) is 1. The molecule has 0 aliphatic heterocycles. The molecule has 1 heterocycles. The zero-order chi connectivity index (χ0) is 22.1. The van der Waals surface area contributed by atoms with Gasteiger partial charge in [-0.05, 0) is 47.5 Å². The van der Waals surface area contributed by atoms with E-state index < -0.39 is 11.8 Å². The number of aromatic nitrogens is 1. The fourth-order valence-electron chi connectivity index (χ4n) is 2.79. The quantitative estimate of drug-likeness (QED) is 0.510. The SMILES string of the molecule is COc1cccc(CNC(=O)c2ccccc2NC(=O)C(=O)NCc2ccncc2)c1. The molecular weight excluding hydrogens is 396 g/mol. The number of para-hydroxylation sites is 1. The van der Waals surface area contributed by atoms with Crippen LogP contribution in [0.5, 0.6) is 5.75 Å². The number of amides is 3. The van der Waals surface area contributed by atoms with Crippen LogP contribution < -0.4 is 20.7 Å². The highest BCUT2D eigenvalue weighted by Crippen LogP contribution is 2.16. The molecule has 0 aliphatic carbocycles. The lowest BCUT2D eigenvalue weighted by atomic mass is 10.1. The summed E-state index contributed by atoms with van der Waals surface area (Å²) in [6, 6.07) is 17.3. The van der Waals surface area contributed by atoms with Crippen LogP contribution in [0.4, 0.5) is 5.69 Å². The summed E-state index contributed by atoms with van der Waals surface area (Å²) in [5.74, 6) is -1.35. The number of carbonyl (C=O) groups is 3. The Hall–Kier alpha value is -4.20. The normalized spacial score (nSPS) is 10.1. The third-order valence-corrected chi connectivity index (χ3v) is 4.42. The molecule has 0 atom stereocenters. The van der Waals surface area contributed by atoms with Crippen molar-refractivity contribution in [2.24, 2.45) is 0 Å². The summed E-state index contributed by atoms with van der Waals surface area (Å²) in [5, 5.41) is 7.84. The van der Waals surface area contributed by atoms with Crippen molar-refractivity contribution in [2.75, 3.05) is 12.4 Å². The van der Waals surface area contributed by atoms with Gasteiger partial charge in [0.15, 0.2) is 0 Å². The summed E-state index contributed by atoms with van der Waals surface area (Å²) >= 11 is 0. The van der Waals surface area contributed by atoms with E-state index in [1.165, 1.54) is 0 Å². The number of ether oxygens (including phenoxy) is 1. The highest BCUT2D eigenvalue weighted by atomic mass is 16.5. The molecule has 0 aliphatic rings. The van der Waals surface area contributed by atoms with Crippen LogP contribution in [-0.2, 0) is 22.7 Å². The molecule has 0 saturated heterocycles. The number of carbonyl (C=O) groups excluding carboxylic acids is 3. The smallest absolute Gasteiger partial charge is 0.313 e. The molecule has 0 fully saturated rings. The van der Waals surface area contributed by atoms with Crippen molar-refractivity contribution in [1.82, 2.24) is 15.6 Å². The number of pyridine rings is 1. The second-order valence-corrected chi connectivity index (χ2v) is 6.57. The Morgan fingerprint density at radius 3 is 2.35 bits per heavy atom. The maximum absolute atomic E-state index is 12.7. The van der Waals surface area contributed by atoms with E-state index >= 15 is 0 Å². The molecule has 3 N–H and O–H groups in total. The van der Waals surface area contributed by atoms with E-state index in [9.17, 15) is 14.4 Å². The second kappa shape index (κ2) is 10.5. The molecule has 3 amide bonds.